The van der Waals surface area contributed by atoms with E-state index in [-0.39, 0.29) is 0 Å². The molecular formula is C4H5BiO. The second kappa shape index (κ2) is 1.83. The van der Waals surface area contributed by atoms with Gasteiger partial charge in [-0.2, -0.15) is 0 Å². The molecule has 0 saturated carbocycles. The van der Waals surface area contributed by atoms with Crippen LogP contribution in [0.1, 0.15) is 0 Å². The zero-order valence-electron chi connectivity index (χ0n) is 3.29. The molecule has 1 rings (SSSR count). The number of hydrogen-bond donors (Lipinski definition) is 0. The summed E-state index contributed by atoms with van der Waals surface area (Å²) in [7, 11) is 0. The summed E-state index contributed by atoms with van der Waals surface area (Å²) in [5.74, 6) is 0. The zero-order valence-corrected chi connectivity index (χ0v) is 6.77. The number of rotatable bonds is 1. The minimum atomic E-state index is -1.35. The molecule has 0 aromatic rings. The average molecular weight is 278 g/mol. The number of carbonyl (C=O) groups is 1. The van der Waals surface area contributed by atoms with Crippen LogP contribution in [0.25, 0.3) is 0 Å². The van der Waals surface area contributed by atoms with E-state index in [1.54, 1.807) is 0 Å². The maximum absolute atomic E-state index is 9.83. The Labute approximate surface area is 44.7 Å². The summed E-state index contributed by atoms with van der Waals surface area (Å²) in [6.45, 7) is 0. The van der Waals surface area contributed by atoms with E-state index in [1.807, 2.05) is 0 Å². The van der Waals surface area contributed by atoms with E-state index in [1.165, 1.54) is 8.12 Å². The van der Waals surface area contributed by atoms with Crippen LogP contribution in [0.2, 0.25) is 4.13 Å². The molecule has 0 fully saturated rings. The van der Waals surface area contributed by atoms with Gasteiger partial charge in [-0.25, -0.2) is 0 Å². The Kier molecular flexibility index (Phi) is 1.36. The van der Waals surface area contributed by atoms with Crippen molar-refractivity contribution in [3.8, 4) is 0 Å². The van der Waals surface area contributed by atoms with Crippen LogP contribution in [-0.2, 0) is 4.79 Å². The average Bonchev–Trinajstić information content (AvgIpc) is 1.31. The Morgan fingerprint density at radius 1 is 1.83 bits per heavy atom. The van der Waals surface area contributed by atoms with Gasteiger partial charge in [0, 0.05) is 0 Å². The number of hydrogen-bond acceptors (Lipinski definition) is 1. The van der Waals surface area contributed by atoms with E-state index < -0.39 is 21.8 Å². The third kappa shape index (κ3) is 0.677. The van der Waals surface area contributed by atoms with E-state index >= 15 is 0 Å². The van der Waals surface area contributed by atoms with Crippen LogP contribution in [0.4, 0.5) is 0 Å². The summed E-state index contributed by atoms with van der Waals surface area (Å²) in [6.07, 6.45) is 2.09. The summed E-state index contributed by atoms with van der Waals surface area (Å²) in [5, 5.41) is 0. The van der Waals surface area contributed by atoms with Crippen LogP contribution in [0, 0.1) is 0 Å². The Balaban J connectivity index is 2.39. The molecule has 0 saturated heterocycles. The van der Waals surface area contributed by atoms with E-state index in [2.05, 4.69) is 9.86 Å². The zero-order chi connectivity index (χ0) is 4.41. The Bertz CT molecular complexity index is 87.5. The Morgan fingerprint density at radius 3 is 2.50 bits per heavy atom. The van der Waals surface area contributed by atoms with Gasteiger partial charge in [0.15, 0.2) is 0 Å². The fourth-order valence-electron chi connectivity index (χ4n) is 0.305. The van der Waals surface area contributed by atoms with Crippen LogP contribution < -0.4 is 0 Å². The molecule has 0 aromatic heterocycles. The SMILES string of the molecule is O=[CH][Bi]1[CH]=C[CH2]1. The molecule has 1 heterocycles. The van der Waals surface area contributed by atoms with Crippen molar-refractivity contribution in [1.29, 1.82) is 0 Å². The first kappa shape index (κ1) is 4.45. The van der Waals surface area contributed by atoms with Crippen molar-refractivity contribution in [2.45, 2.75) is 4.13 Å². The van der Waals surface area contributed by atoms with Gasteiger partial charge in [-0.1, -0.05) is 0 Å². The second-order valence-corrected chi connectivity index (χ2v) is 8.58. The molecule has 1 aliphatic heterocycles. The fourth-order valence-corrected chi connectivity index (χ4v) is 2.68. The molecule has 1 nitrogen and oxygen atoms in total. The number of allylic oxidation sites excluding steroid dienone is 1. The molecule has 1 aliphatic rings. The fraction of sp³-hybridized carbons (Fsp3) is 0.250. The van der Waals surface area contributed by atoms with Crippen LogP contribution in [0.3, 0.4) is 0 Å². The van der Waals surface area contributed by atoms with Crippen molar-refractivity contribution in [3.63, 3.8) is 0 Å². The molecule has 0 bridgehead atoms. The van der Waals surface area contributed by atoms with Crippen LogP contribution in [0.15, 0.2) is 9.86 Å². The molecule has 0 radical (unpaired) electrons. The summed E-state index contributed by atoms with van der Waals surface area (Å²) < 4.78 is 4.45. The third-order valence-corrected chi connectivity index (χ3v) is 6.57. The molecule has 0 unspecified atom stereocenters. The first-order valence-electron chi connectivity index (χ1n) is 1.81. The molecule has 0 atom stereocenters. The third-order valence-electron chi connectivity index (χ3n) is 0.749. The van der Waals surface area contributed by atoms with Gasteiger partial charge in [-0.15, -0.1) is 0 Å². The molecule has 0 aliphatic carbocycles. The van der Waals surface area contributed by atoms with Crippen molar-refractivity contribution in [3.05, 3.63) is 9.86 Å². The summed E-state index contributed by atoms with van der Waals surface area (Å²) in [4.78, 5) is 9.83. The molecule has 2 heteroatoms. The molecule has 6 heavy (non-hydrogen) atoms. The van der Waals surface area contributed by atoms with E-state index in [4.69, 9.17) is 0 Å². The second-order valence-electron chi connectivity index (χ2n) is 1.19. The molecule has 0 aromatic carbocycles. The Morgan fingerprint density at radius 2 is 2.50 bits per heavy atom. The first-order valence-corrected chi connectivity index (χ1v) is 8.28. The van der Waals surface area contributed by atoms with Crippen molar-refractivity contribution in [1.82, 2.24) is 0 Å². The molecule has 32 valence electrons. The van der Waals surface area contributed by atoms with Gasteiger partial charge in [0.25, 0.3) is 0 Å². The van der Waals surface area contributed by atoms with Crippen LogP contribution in [0.5, 0.6) is 0 Å². The van der Waals surface area contributed by atoms with Crippen molar-refractivity contribution >= 4 is 25.7 Å². The van der Waals surface area contributed by atoms with Crippen molar-refractivity contribution < 1.29 is 4.79 Å². The number of carbonyl (C=O) groups excluding carboxylic acids is 1. The maximum atomic E-state index is 9.83. The molecule has 0 N–H and O–H groups in total. The van der Waals surface area contributed by atoms with Gasteiger partial charge in [0.2, 0.25) is 0 Å². The van der Waals surface area contributed by atoms with Gasteiger partial charge in [0.05, 0.1) is 0 Å². The van der Waals surface area contributed by atoms with Crippen molar-refractivity contribution in [2.24, 2.45) is 0 Å². The van der Waals surface area contributed by atoms with Gasteiger partial charge >= 0.3 is 44.5 Å². The first-order chi connectivity index (χ1) is 2.93. The predicted molar refractivity (Wildman–Crippen MR) is 26.5 cm³/mol. The minimum absolute atomic E-state index is 1.17. The molecule has 0 amide bonds. The van der Waals surface area contributed by atoms with E-state index in [9.17, 15) is 4.79 Å². The van der Waals surface area contributed by atoms with Gasteiger partial charge in [-0.3, -0.25) is 0 Å². The van der Waals surface area contributed by atoms with Crippen molar-refractivity contribution in [2.75, 3.05) is 0 Å². The van der Waals surface area contributed by atoms with Gasteiger partial charge in [-0.05, 0) is 0 Å². The van der Waals surface area contributed by atoms with E-state index in [0.29, 0.717) is 0 Å². The predicted octanol–water partition coefficient (Wildman–Crippen LogP) is 0.362. The Hall–Kier alpha value is 0.293. The summed E-state index contributed by atoms with van der Waals surface area (Å²) in [5.41, 5.74) is 0. The van der Waals surface area contributed by atoms with E-state index in [0.717, 1.165) is 0 Å². The summed E-state index contributed by atoms with van der Waals surface area (Å²) in [6, 6.07) is 0. The standard InChI is InChI=1S/C3H4.CHO.Bi/c1-3-2;1-2;/h1,3H,2H2;1H;. The van der Waals surface area contributed by atoms with Crippen LogP contribution >= 0.6 is 0 Å². The monoisotopic (exact) mass is 278 g/mol. The van der Waals surface area contributed by atoms with Gasteiger partial charge < -0.3 is 0 Å². The van der Waals surface area contributed by atoms with Crippen LogP contribution in [-0.4, -0.2) is 25.7 Å². The van der Waals surface area contributed by atoms with Gasteiger partial charge in [0.1, 0.15) is 0 Å². The molecular weight excluding hydrogens is 273 g/mol. The summed E-state index contributed by atoms with van der Waals surface area (Å²) >= 11 is -1.35. The molecule has 0 spiro atoms. The normalized spacial score (nSPS) is 20.0. The quantitative estimate of drug-likeness (QED) is 0.500. The topological polar surface area (TPSA) is 17.1 Å².